The number of carbonyl (C=O) groups is 6. The first kappa shape index (κ1) is 41.8. The van der Waals surface area contributed by atoms with E-state index in [0.717, 1.165) is 34.0 Å². The molecule has 4 aliphatic heterocycles. The summed E-state index contributed by atoms with van der Waals surface area (Å²) in [5.74, 6) is -9.33. The molecular formula is C46H36F4N10O6. The molecule has 4 N–H and O–H groups in total. The van der Waals surface area contributed by atoms with Gasteiger partial charge in [0, 0.05) is 84.2 Å². The lowest BCUT2D eigenvalue weighted by Gasteiger charge is -2.28. The third-order valence-electron chi connectivity index (χ3n) is 12.5. The van der Waals surface area contributed by atoms with Gasteiger partial charge in [-0.05, 0) is 92.4 Å². The SMILES string of the molecule is NC(=O)c1nn(-c2cc(F)c(F)c(C3CCN(c4ccc(N5CCc6c(C(N)=O)nn(-c7ccc(F)cc7F)c6C5=O)cc4)C3=O)c2)c2c1CCN(c1ccc(N3CCCC3=O)cc1)C2=O. The number of amides is 6. The molecule has 6 amide bonds. The fraction of sp³-hybridized carbons (Fsp3) is 0.217. The van der Waals surface area contributed by atoms with Crippen molar-refractivity contribution in [3.05, 3.63) is 142 Å². The van der Waals surface area contributed by atoms with Crippen LogP contribution < -0.4 is 31.1 Å². The fourth-order valence-corrected chi connectivity index (χ4v) is 9.36. The highest BCUT2D eigenvalue weighted by Gasteiger charge is 2.40. The summed E-state index contributed by atoms with van der Waals surface area (Å²) in [6.07, 6.45) is 1.53. The molecule has 6 heterocycles. The van der Waals surface area contributed by atoms with Crippen LogP contribution in [0.3, 0.4) is 0 Å². The first-order chi connectivity index (χ1) is 31.7. The number of primary amides is 2. The Morgan fingerprint density at radius 3 is 1.62 bits per heavy atom. The molecule has 66 heavy (non-hydrogen) atoms. The molecule has 6 aromatic rings. The van der Waals surface area contributed by atoms with Crippen molar-refractivity contribution < 1.29 is 46.3 Å². The Bertz CT molecular complexity index is 3100. The van der Waals surface area contributed by atoms with Crippen molar-refractivity contribution in [2.24, 2.45) is 11.5 Å². The summed E-state index contributed by atoms with van der Waals surface area (Å²) >= 11 is 0. The number of aromatic nitrogens is 4. The summed E-state index contributed by atoms with van der Waals surface area (Å²) in [6.45, 7) is 0.906. The molecule has 2 aromatic heterocycles. The molecule has 0 bridgehead atoms. The highest BCUT2D eigenvalue weighted by molar-refractivity contribution is 6.11. The van der Waals surface area contributed by atoms with E-state index in [4.69, 9.17) is 11.5 Å². The van der Waals surface area contributed by atoms with Crippen molar-refractivity contribution in [2.45, 2.75) is 38.0 Å². The monoisotopic (exact) mass is 900 g/mol. The van der Waals surface area contributed by atoms with Crippen LogP contribution in [0.2, 0.25) is 0 Å². The Hall–Kier alpha value is -8.16. The third kappa shape index (κ3) is 6.74. The molecule has 4 aromatic carbocycles. The first-order valence-electron chi connectivity index (χ1n) is 20.9. The minimum absolute atomic E-state index is 0.00360. The maximum absolute atomic E-state index is 15.8. The molecule has 1 atom stereocenters. The molecule has 4 aliphatic rings. The fourth-order valence-electron chi connectivity index (χ4n) is 9.36. The molecule has 2 fully saturated rings. The molecular weight excluding hydrogens is 865 g/mol. The Labute approximate surface area is 371 Å². The predicted octanol–water partition coefficient (Wildman–Crippen LogP) is 4.87. The Morgan fingerprint density at radius 1 is 0.561 bits per heavy atom. The van der Waals surface area contributed by atoms with Gasteiger partial charge in [0.2, 0.25) is 11.8 Å². The number of halogens is 4. The third-order valence-corrected chi connectivity index (χ3v) is 12.5. The van der Waals surface area contributed by atoms with E-state index >= 15 is 8.78 Å². The molecule has 334 valence electrons. The number of hydrogen-bond donors (Lipinski definition) is 2. The van der Waals surface area contributed by atoms with Crippen LogP contribution in [0.25, 0.3) is 11.4 Å². The van der Waals surface area contributed by atoms with Crippen molar-refractivity contribution in [3.8, 4) is 11.4 Å². The molecule has 1 unspecified atom stereocenters. The number of fused-ring (bicyclic) bond motifs is 2. The van der Waals surface area contributed by atoms with Crippen LogP contribution in [0.15, 0.2) is 78.9 Å². The highest BCUT2D eigenvalue weighted by atomic mass is 19.2. The normalized spacial score (nSPS) is 17.2. The number of anilines is 4. The van der Waals surface area contributed by atoms with E-state index in [9.17, 15) is 37.5 Å². The van der Waals surface area contributed by atoms with Crippen molar-refractivity contribution in [3.63, 3.8) is 0 Å². The molecule has 10 rings (SSSR count). The average molecular weight is 901 g/mol. The van der Waals surface area contributed by atoms with E-state index in [1.165, 1.54) is 20.8 Å². The summed E-state index contributed by atoms with van der Waals surface area (Å²) in [5, 5.41) is 8.44. The van der Waals surface area contributed by atoms with Gasteiger partial charge >= 0.3 is 0 Å². The molecule has 0 aliphatic carbocycles. The van der Waals surface area contributed by atoms with Crippen LogP contribution >= 0.6 is 0 Å². The molecule has 0 spiro atoms. The number of nitrogens with two attached hydrogens (primary N) is 2. The summed E-state index contributed by atoms with van der Waals surface area (Å²) in [6, 6.07) is 17.9. The molecule has 20 heteroatoms. The largest absolute Gasteiger partial charge is 0.364 e. The van der Waals surface area contributed by atoms with Crippen molar-refractivity contribution in [1.82, 2.24) is 19.6 Å². The number of benzene rings is 4. The number of rotatable bonds is 9. The van der Waals surface area contributed by atoms with E-state index in [0.29, 0.717) is 41.8 Å². The zero-order valence-electron chi connectivity index (χ0n) is 34.6. The Kier molecular flexibility index (Phi) is 10.0. The van der Waals surface area contributed by atoms with E-state index in [2.05, 4.69) is 10.2 Å². The molecule has 0 saturated carbocycles. The average Bonchev–Trinajstić information content (AvgIpc) is 4.10. The van der Waals surface area contributed by atoms with E-state index in [1.807, 2.05) is 0 Å². The van der Waals surface area contributed by atoms with Gasteiger partial charge in [-0.2, -0.15) is 10.2 Å². The van der Waals surface area contributed by atoms with E-state index in [1.54, 1.807) is 53.4 Å². The molecule has 2 saturated heterocycles. The van der Waals surface area contributed by atoms with Gasteiger partial charge < -0.3 is 31.1 Å². The summed E-state index contributed by atoms with van der Waals surface area (Å²) in [5.41, 5.74) is 12.2. The second kappa shape index (κ2) is 15.8. The van der Waals surface area contributed by atoms with Gasteiger partial charge in [0.15, 0.2) is 28.8 Å². The van der Waals surface area contributed by atoms with Gasteiger partial charge in [-0.1, -0.05) is 0 Å². The van der Waals surface area contributed by atoms with Crippen LogP contribution in [0.4, 0.5) is 40.3 Å². The van der Waals surface area contributed by atoms with Crippen LogP contribution in [0, 0.1) is 23.3 Å². The molecule has 0 radical (unpaired) electrons. The van der Waals surface area contributed by atoms with E-state index in [-0.39, 0.29) is 95.6 Å². The standard InChI is InChI=1S/C46H36F4N10O6/c47-23-3-12-35(33(48)20-23)60-41-31(39(54-60)43(52)63)15-19-58(46(41)66)27-10-8-25(9-11-27)56-17-13-29(44(56)64)32-21-28(22-34(49)37(32)50)59-40-30(38(53-59)42(51)62)14-18-57(45(40)65)26-6-4-24(5-7-26)55-16-1-2-36(55)61/h3-12,20-22,29H,1-2,13-19H2,(H2,51,62)(H2,52,63). The van der Waals surface area contributed by atoms with Crippen LogP contribution in [-0.4, -0.2) is 81.2 Å². The van der Waals surface area contributed by atoms with Gasteiger partial charge in [0.1, 0.15) is 22.9 Å². The second-order valence-electron chi connectivity index (χ2n) is 16.3. The minimum Gasteiger partial charge on any atom is -0.364 e. The highest BCUT2D eigenvalue weighted by Crippen LogP contribution is 2.38. The van der Waals surface area contributed by atoms with Crippen LogP contribution in [0.1, 0.15) is 83.8 Å². The second-order valence-corrected chi connectivity index (χ2v) is 16.3. The first-order valence-corrected chi connectivity index (χ1v) is 20.9. The van der Waals surface area contributed by atoms with Gasteiger partial charge in [0.05, 0.1) is 11.6 Å². The summed E-state index contributed by atoms with van der Waals surface area (Å²) < 4.78 is 62.1. The van der Waals surface area contributed by atoms with Crippen LogP contribution in [-0.2, 0) is 22.4 Å². The zero-order valence-corrected chi connectivity index (χ0v) is 34.6. The lowest BCUT2D eigenvalue weighted by molar-refractivity contribution is -0.118. The minimum atomic E-state index is -1.32. The lowest BCUT2D eigenvalue weighted by atomic mass is 9.96. The van der Waals surface area contributed by atoms with Crippen molar-refractivity contribution in [1.29, 1.82) is 0 Å². The summed E-state index contributed by atoms with van der Waals surface area (Å²) in [7, 11) is 0. The van der Waals surface area contributed by atoms with Gasteiger partial charge in [-0.3, -0.25) is 28.8 Å². The quantitative estimate of drug-likeness (QED) is 0.191. The van der Waals surface area contributed by atoms with Gasteiger partial charge in [0.25, 0.3) is 23.6 Å². The maximum atomic E-state index is 15.8. The maximum Gasteiger partial charge on any atom is 0.277 e. The van der Waals surface area contributed by atoms with Crippen LogP contribution in [0.5, 0.6) is 0 Å². The Balaban J connectivity index is 0.913. The number of nitrogens with zero attached hydrogens (tertiary/aromatic N) is 8. The predicted molar refractivity (Wildman–Crippen MR) is 229 cm³/mol. The van der Waals surface area contributed by atoms with E-state index < -0.39 is 58.7 Å². The van der Waals surface area contributed by atoms with Crippen molar-refractivity contribution in [2.75, 3.05) is 45.8 Å². The number of carbonyl (C=O) groups excluding carboxylic acids is 6. The smallest absolute Gasteiger partial charge is 0.277 e. The van der Waals surface area contributed by atoms with Crippen molar-refractivity contribution >= 4 is 58.2 Å². The molecule has 16 nitrogen and oxygen atoms in total. The topological polar surface area (TPSA) is 203 Å². The summed E-state index contributed by atoms with van der Waals surface area (Å²) in [4.78, 5) is 85.4. The van der Waals surface area contributed by atoms with Gasteiger partial charge in [-0.25, -0.2) is 26.9 Å². The zero-order chi connectivity index (χ0) is 46.3. The Morgan fingerprint density at radius 2 is 1.09 bits per heavy atom. The lowest BCUT2D eigenvalue weighted by Crippen LogP contribution is -2.39. The number of hydrogen-bond acceptors (Lipinski definition) is 8. The van der Waals surface area contributed by atoms with Gasteiger partial charge in [-0.15, -0.1) is 0 Å².